The number of hydrogen-bond donors (Lipinski definition) is 1. The molecule has 5 heteroatoms. The second-order valence-corrected chi connectivity index (χ2v) is 8.40. The number of benzene rings is 3. The van der Waals surface area contributed by atoms with E-state index in [-0.39, 0.29) is 36.3 Å². The highest BCUT2D eigenvalue weighted by atomic mass is 19.1. The van der Waals surface area contributed by atoms with Crippen molar-refractivity contribution in [3.63, 3.8) is 0 Å². The summed E-state index contributed by atoms with van der Waals surface area (Å²) in [5, 5.41) is 10.2. The molecule has 0 aliphatic carbocycles. The van der Waals surface area contributed by atoms with E-state index in [1.54, 1.807) is 12.1 Å². The van der Waals surface area contributed by atoms with Gasteiger partial charge in [0.15, 0.2) is 0 Å². The minimum absolute atomic E-state index is 0.0378. The Morgan fingerprint density at radius 1 is 1.03 bits per heavy atom. The second-order valence-electron chi connectivity index (χ2n) is 8.40. The normalized spacial score (nSPS) is 22.2. The van der Waals surface area contributed by atoms with Crippen LogP contribution in [-0.2, 0) is 0 Å². The van der Waals surface area contributed by atoms with Gasteiger partial charge < -0.3 is 14.9 Å². The molecule has 0 saturated carbocycles. The summed E-state index contributed by atoms with van der Waals surface area (Å²) in [6.07, 6.45) is 0.822. The number of rotatable bonds is 3. The average molecular weight is 416 g/mol. The SMILES string of the molecule is CN1c2ccc(-c3ccccc3)cc2[C@H]2[C@H](CCN2C(=O)c2ccc(F)cc2)[C@@H]1CO. The van der Waals surface area contributed by atoms with Crippen molar-refractivity contribution in [3.8, 4) is 11.1 Å². The van der Waals surface area contributed by atoms with E-state index >= 15 is 0 Å². The van der Waals surface area contributed by atoms with Crippen molar-refractivity contribution in [2.45, 2.75) is 18.5 Å². The van der Waals surface area contributed by atoms with Crippen LogP contribution in [0.2, 0.25) is 0 Å². The summed E-state index contributed by atoms with van der Waals surface area (Å²) in [5.74, 6) is -0.309. The number of aliphatic hydroxyl groups excluding tert-OH is 1. The maximum absolute atomic E-state index is 13.4. The van der Waals surface area contributed by atoms with Crippen molar-refractivity contribution in [3.05, 3.63) is 89.7 Å². The summed E-state index contributed by atoms with van der Waals surface area (Å²) in [5.41, 5.74) is 4.87. The molecule has 2 aliphatic rings. The zero-order valence-corrected chi connectivity index (χ0v) is 17.4. The molecule has 0 unspecified atom stereocenters. The first-order chi connectivity index (χ1) is 15.1. The molecule has 3 aromatic rings. The second kappa shape index (κ2) is 7.82. The van der Waals surface area contributed by atoms with E-state index in [9.17, 15) is 14.3 Å². The van der Waals surface area contributed by atoms with Gasteiger partial charge in [-0.2, -0.15) is 0 Å². The highest BCUT2D eigenvalue weighted by molar-refractivity contribution is 5.95. The summed E-state index contributed by atoms with van der Waals surface area (Å²) in [7, 11) is 2.02. The highest BCUT2D eigenvalue weighted by Gasteiger charge is 2.47. The third kappa shape index (κ3) is 3.29. The van der Waals surface area contributed by atoms with Crippen LogP contribution in [0.15, 0.2) is 72.8 Å². The Bertz CT molecular complexity index is 1100. The van der Waals surface area contributed by atoms with Crippen LogP contribution in [0.25, 0.3) is 11.1 Å². The van der Waals surface area contributed by atoms with E-state index in [0.29, 0.717) is 12.1 Å². The van der Waals surface area contributed by atoms with Gasteiger partial charge in [-0.15, -0.1) is 0 Å². The number of amides is 1. The van der Waals surface area contributed by atoms with Crippen LogP contribution in [0.4, 0.5) is 10.1 Å². The Morgan fingerprint density at radius 2 is 1.77 bits per heavy atom. The minimum atomic E-state index is -0.353. The monoisotopic (exact) mass is 416 g/mol. The molecule has 4 nitrogen and oxygen atoms in total. The smallest absolute Gasteiger partial charge is 0.254 e. The molecule has 2 heterocycles. The van der Waals surface area contributed by atoms with Crippen LogP contribution in [0.3, 0.4) is 0 Å². The van der Waals surface area contributed by atoms with Crippen molar-refractivity contribution < 1.29 is 14.3 Å². The average Bonchev–Trinajstić information content (AvgIpc) is 3.25. The van der Waals surface area contributed by atoms with Gasteiger partial charge in [0.05, 0.1) is 18.7 Å². The lowest BCUT2D eigenvalue weighted by atomic mass is 9.81. The molecule has 1 fully saturated rings. The van der Waals surface area contributed by atoms with Crippen molar-refractivity contribution in [1.29, 1.82) is 0 Å². The zero-order valence-electron chi connectivity index (χ0n) is 17.4. The largest absolute Gasteiger partial charge is 0.394 e. The third-order valence-electron chi connectivity index (χ3n) is 6.81. The summed E-state index contributed by atoms with van der Waals surface area (Å²) in [4.78, 5) is 17.4. The quantitative estimate of drug-likeness (QED) is 0.683. The molecule has 5 rings (SSSR count). The van der Waals surface area contributed by atoms with Crippen LogP contribution < -0.4 is 4.90 Å². The Labute approximate surface area is 181 Å². The summed E-state index contributed by atoms with van der Waals surface area (Å²) >= 11 is 0. The lowest BCUT2D eigenvalue weighted by Crippen LogP contribution is -2.48. The van der Waals surface area contributed by atoms with Gasteiger partial charge in [-0.05, 0) is 59.5 Å². The van der Waals surface area contributed by atoms with Gasteiger partial charge in [-0.25, -0.2) is 4.39 Å². The van der Waals surface area contributed by atoms with Crippen molar-refractivity contribution in [1.82, 2.24) is 4.90 Å². The van der Waals surface area contributed by atoms with Gasteiger partial charge in [0.2, 0.25) is 0 Å². The molecule has 31 heavy (non-hydrogen) atoms. The number of nitrogens with zero attached hydrogens (tertiary/aromatic N) is 2. The number of halogens is 1. The highest BCUT2D eigenvalue weighted by Crippen LogP contribution is 2.49. The molecule has 0 spiro atoms. The standard InChI is InChI=1S/C26H25FN2O2/c1-28-23-12-9-19(17-5-3-2-4-6-17)15-22(23)25-21(24(28)16-30)13-14-29(25)26(31)18-7-10-20(27)11-8-18/h2-12,15,21,24-25,30H,13-14,16H2,1H3/t21-,24+,25-/m1/s1. The molecule has 158 valence electrons. The number of hydrogen-bond acceptors (Lipinski definition) is 3. The Morgan fingerprint density at radius 3 is 2.48 bits per heavy atom. The van der Waals surface area contributed by atoms with E-state index in [1.807, 2.05) is 30.1 Å². The first-order valence-electron chi connectivity index (χ1n) is 10.7. The molecule has 3 atom stereocenters. The molecule has 0 bridgehead atoms. The molecule has 1 saturated heterocycles. The Balaban J connectivity index is 1.60. The lowest BCUT2D eigenvalue weighted by Gasteiger charge is -2.44. The fourth-order valence-corrected chi connectivity index (χ4v) is 5.25. The van der Waals surface area contributed by atoms with Gasteiger partial charge in [-0.1, -0.05) is 36.4 Å². The van der Waals surface area contributed by atoms with Gasteiger partial charge >= 0.3 is 0 Å². The Hall–Kier alpha value is -3.18. The van der Waals surface area contributed by atoms with E-state index in [4.69, 9.17) is 0 Å². The van der Waals surface area contributed by atoms with Crippen LogP contribution in [0.1, 0.15) is 28.4 Å². The van der Waals surface area contributed by atoms with E-state index in [0.717, 1.165) is 28.8 Å². The first-order valence-corrected chi connectivity index (χ1v) is 10.7. The first kappa shape index (κ1) is 19.8. The number of fused-ring (bicyclic) bond motifs is 3. The van der Waals surface area contributed by atoms with Crippen molar-refractivity contribution in [2.24, 2.45) is 5.92 Å². The molecule has 0 radical (unpaired) electrons. The predicted octanol–water partition coefficient (Wildman–Crippen LogP) is 4.51. The summed E-state index contributed by atoms with van der Waals surface area (Å²) in [6, 6.07) is 22.1. The van der Waals surface area contributed by atoms with Gasteiger partial charge in [0.25, 0.3) is 5.91 Å². The summed E-state index contributed by atoms with van der Waals surface area (Å²) < 4.78 is 13.4. The van der Waals surface area contributed by atoms with Crippen LogP contribution in [0, 0.1) is 11.7 Å². The Kier molecular flexibility index (Phi) is 4.98. The maximum atomic E-state index is 13.4. The van der Waals surface area contributed by atoms with Crippen molar-refractivity contribution >= 4 is 11.6 Å². The van der Waals surface area contributed by atoms with Gasteiger partial charge in [-0.3, -0.25) is 4.79 Å². The zero-order chi connectivity index (χ0) is 21.5. The lowest BCUT2D eigenvalue weighted by molar-refractivity contribution is 0.0694. The minimum Gasteiger partial charge on any atom is -0.394 e. The van der Waals surface area contributed by atoms with E-state index in [1.165, 1.54) is 12.1 Å². The molecule has 3 aromatic carbocycles. The number of carbonyl (C=O) groups excluding carboxylic acids is 1. The third-order valence-corrected chi connectivity index (χ3v) is 6.81. The maximum Gasteiger partial charge on any atom is 0.254 e. The van der Waals surface area contributed by atoms with Gasteiger partial charge in [0.1, 0.15) is 5.82 Å². The van der Waals surface area contributed by atoms with Crippen LogP contribution in [0.5, 0.6) is 0 Å². The number of carbonyl (C=O) groups is 1. The molecule has 1 amide bonds. The topological polar surface area (TPSA) is 43.8 Å². The number of likely N-dealkylation sites (N-methyl/N-ethyl adjacent to an activating group) is 1. The summed E-state index contributed by atoms with van der Waals surface area (Å²) in [6.45, 7) is 0.654. The van der Waals surface area contributed by atoms with E-state index in [2.05, 4.69) is 35.2 Å². The molecular weight excluding hydrogens is 391 g/mol. The molecular formula is C26H25FN2O2. The molecule has 2 aliphatic heterocycles. The number of anilines is 1. The van der Waals surface area contributed by atoms with Crippen LogP contribution in [-0.4, -0.2) is 42.2 Å². The fraction of sp³-hybridized carbons (Fsp3) is 0.269. The molecule has 1 N–H and O–H groups in total. The van der Waals surface area contributed by atoms with Crippen LogP contribution >= 0.6 is 0 Å². The number of likely N-dealkylation sites (tertiary alicyclic amines) is 1. The van der Waals surface area contributed by atoms with E-state index < -0.39 is 0 Å². The fourth-order valence-electron chi connectivity index (χ4n) is 5.25. The number of aliphatic hydroxyl groups is 1. The predicted molar refractivity (Wildman–Crippen MR) is 119 cm³/mol. The van der Waals surface area contributed by atoms with Crippen molar-refractivity contribution in [2.75, 3.05) is 25.1 Å². The molecule has 0 aromatic heterocycles. The van der Waals surface area contributed by atoms with Gasteiger partial charge in [0, 0.05) is 30.8 Å².